The zero-order chi connectivity index (χ0) is 12.3. The molecule has 1 nitrogen and oxygen atoms in total. The topological polar surface area (TPSA) is 12.0 Å². The Labute approximate surface area is 121 Å². The van der Waals surface area contributed by atoms with Crippen LogP contribution in [0.3, 0.4) is 0 Å². The van der Waals surface area contributed by atoms with E-state index < -0.39 is 0 Å². The number of aryl methyl sites for hydroxylation is 1. The molecule has 2 unspecified atom stereocenters. The maximum absolute atomic E-state index is 3.75. The first kappa shape index (κ1) is 13.9. The van der Waals surface area contributed by atoms with Crippen LogP contribution in [0, 0.1) is 6.92 Å². The van der Waals surface area contributed by atoms with Crippen molar-refractivity contribution in [2.24, 2.45) is 0 Å². The highest BCUT2D eigenvalue weighted by Crippen LogP contribution is 2.29. The van der Waals surface area contributed by atoms with E-state index in [9.17, 15) is 0 Å². The molecule has 0 bridgehead atoms. The Hall–Kier alpha value is 0.490. The highest BCUT2D eigenvalue weighted by atomic mass is 79.9. The van der Waals surface area contributed by atoms with E-state index in [2.05, 4.69) is 40.5 Å². The summed E-state index contributed by atoms with van der Waals surface area (Å²) < 4.78 is 1.25. The monoisotopic (exact) mass is 333 g/mol. The van der Waals surface area contributed by atoms with Crippen molar-refractivity contribution in [1.82, 2.24) is 5.32 Å². The van der Waals surface area contributed by atoms with Crippen LogP contribution in [-0.4, -0.2) is 17.5 Å². The molecule has 96 valence electrons. The summed E-state index contributed by atoms with van der Waals surface area (Å²) in [5, 5.41) is 4.56. The SMILES string of the molecule is CSC1CCCCC1NCc1cc(Br)c(C)s1. The molecular formula is C13H20BrNS2. The van der Waals surface area contributed by atoms with Crippen LogP contribution in [0.4, 0.5) is 0 Å². The van der Waals surface area contributed by atoms with Gasteiger partial charge in [0.2, 0.25) is 0 Å². The lowest BCUT2D eigenvalue weighted by atomic mass is 9.95. The fourth-order valence-electron chi connectivity index (χ4n) is 2.45. The molecule has 0 spiro atoms. The molecule has 1 aromatic heterocycles. The molecule has 0 aliphatic heterocycles. The lowest BCUT2D eigenvalue weighted by molar-refractivity contribution is 0.384. The second kappa shape index (κ2) is 6.60. The molecule has 1 N–H and O–H groups in total. The summed E-state index contributed by atoms with van der Waals surface area (Å²) in [6.45, 7) is 3.20. The van der Waals surface area contributed by atoms with Gasteiger partial charge >= 0.3 is 0 Å². The summed E-state index contributed by atoms with van der Waals surface area (Å²) in [6, 6.07) is 2.96. The van der Waals surface area contributed by atoms with E-state index in [1.54, 1.807) is 0 Å². The molecule has 1 heterocycles. The summed E-state index contributed by atoms with van der Waals surface area (Å²) in [6.07, 6.45) is 7.77. The fraction of sp³-hybridized carbons (Fsp3) is 0.692. The molecule has 1 aliphatic rings. The third-order valence-corrected chi connectivity index (χ3v) is 6.76. The van der Waals surface area contributed by atoms with Gasteiger partial charge in [-0.1, -0.05) is 12.8 Å². The summed E-state index contributed by atoms with van der Waals surface area (Å²) >= 11 is 7.51. The van der Waals surface area contributed by atoms with Crippen LogP contribution < -0.4 is 5.32 Å². The molecular weight excluding hydrogens is 314 g/mol. The number of thiophene rings is 1. The van der Waals surface area contributed by atoms with Gasteiger partial charge in [0, 0.05) is 32.1 Å². The highest BCUT2D eigenvalue weighted by Gasteiger charge is 2.23. The number of thioether (sulfide) groups is 1. The minimum absolute atomic E-state index is 0.708. The van der Waals surface area contributed by atoms with Crippen LogP contribution in [0.5, 0.6) is 0 Å². The van der Waals surface area contributed by atoms with Gasteiger partial charge in [-0.25, -0.2) is 0 Å². The third kappa shape index (κ3) is 3.72. The van der Waals surface area contributed by atoms with Crippen molar-refractivity contribution in [1.29, 1.82) is 0 Å². The van der Waals surface area contributed by atoms with Crippen LogP contribution in [0.25, 0.3) is 0 Å². The van der Waals surface area contributed by atoms with Crippen molar-refractivity contribution in [3.63, 3.8) is 0 Å². The summed E-state index contributed by atoms with van der Waals surface area (Å²) in [5.41, 5.74) is 0. The van der Waals surface area contributed by atoms with Gasteiger partial charge in [-0.3, -0.25) is 0 Å². The molecule has 4 heteroatoms. The predicted molar refractivity (Wildman–Crippen MR) is 83.2 cm³/mol. The lowest BCUT2D eigenvalue weighted by Crippen LogP contribution is -2.39. The molecule has 1 aliphatic carbocycles. The quantitative estimate of drug-likeness (QED) is 0.865. The number of hydrogen-bond acceptors (Lipinski definition) is 3. The minimum atomic E-state index is 0.708. The minimum Gasteiger partial charge on any atom is -0.308 e. The zero-order valence-electron chi connectivity index (χ0n) is 10.5. The second-order valence-corrected chi connectivity index (χ2v) is 7.93. The summed E-state index contributed by atoms with van der Waals surface area (Å²) in [5.74, 6) is 0. The van der Waals surface area contributed by atoms with E-state index in [0.29, 0.717) is 6.04 Å². The van der Waals surface area contributed by atoms with Gasteiger partial charge in [-0.05, 0) is 48.0 Å². The molecule has 1 fully saturated rings. The fourth-order valence-corrected chi connectivity index (χ4v) is 4.96. The predicted octanol–water partition coefficient (Wildman–Crippen LogP) is 4.58. The Morgan fingerprint density at radius 1 is 1.47 bits per heavy atom. The van der Waals surface area contributed by atoms with Crippen molar-refractivity contribution in [3.05, 3.63) is 20.3 Å². The third-order valence-electron chi connectivity index (χ3n) is 3.45. The highest BCUT2D eigenvalue weighted by molar-refractivity contribution is 9.10. The molecule has 17 heavy (non-hydrogen) atoms. The van der Waals surface area contributed by atoms with Crippen molar-refractivity contribution >= 4 is 39.0 Å². The Balaban J connectivity index is 1.88. The average molecular weight is 334 g/mol. The normalized spacial score (nSPS) is 25.1. The van der Waals surface area contributed by atoms with Gasteiger partial charge < -0.3 is 5.32 Å². The average Bonchev–Trinajstić information content (AvgIpc) is 2.66. The lowest BCUT2D eigenvalue weighted by Gasteiger charge is -2.31. The summed E-state index contributed by atoms with van der Waals surface area (Å²) in [4.78, 5) is 2.83. The smallest absolute Gasteiger partial charge is 0.0314 e. The van der Waals surface area contributed by atoms with Gasteiger partial charge in [0.25, 0.3) is 0 Å². The van der Waals surface area contributed by atoms with Gasteiger partial charge in [0.05, 0.1) is 0 Å². The van der Waals surface area contributed by atoms with E-state index in [1.165, 1.54) is 39.9 Å². The van der Waals surface area contributed by atoms with Crippen LogP contribution >= 0.6 is 39.0 Å². The number of nitrogens with one attached hydrogen (secondary N) is 1. The molecule has 0 radical (unpaired) electrons. The van der Waals surface area contributed by atoms with E-state index >= 15 is 0 Å². The second-order valence-electron chi connectivity index (χ2n) is 4.66. The molecule has 0 saturated heterocycles. The van der Waals surface area contributed by atoms with E-state index in [-0.39, 0.29) is 0 Å². The van der Waals surface area contributed by atoms with Gasteiger partial charge in [-0.2, -0.15) is 11.8 Å². The van der Waals surface area contributed by atoms with E-state index in [0.717, 1.165) is 11.8 Å². The van der Waals surface area contributed by atoms with Crippen molar-refractivity contribution in [2.45, 2.75) is 50.4 Å². The van der Waals surface area contributed by atoms with Crippen molar-refractivity contribution in [2.75, 3.05) is 6.26 Å². The van der Waals surface area contributed by atoms with Gasteiger partial charge in [0.15, 0.2) is 0 Å². The van der Waals surface area contributed by atoms with Gasteiger partial charge in [0.1, 0.15) is 0 Å². The Kier molecular flexibility index (Phi) is 5.40. The van der Waals surface area contributed by atoms with Gasteiger partial charge in [-0.15, -0.1) is 11.3 Å². The number of hydrogen-bond donors (Lipinski definition) is 1. The van der Waals surface area contributed by atoms with Crippen LogP contribution in [0.1, 0.15) is 35.4 Å². The Morgan fingerprint density at radius 3 is 2.88 bits per heavy atom. The standard InChI is InChI=1S/C13H20BrNS2/c1-9-11(14)7-10(17-9)8-15-12-5-3-4-6-13(12)16-2/h7,12-13,15H,3-6,8H2,1-2H3. The maximum atomic E-state index is 3.75. The molecule has 0 amide bonds. The Bertz CT molecular complexity index is 345. The first-order valence-electron chi connectivity index (χ1n) is 6.21. The van der Waals surface area contributed by atoms with Crippen molar-refractivity contribution < 1.29 is 0 Å². The zero-order valence-corrected chi connectivity index (χ0v) is 13.7. The van der Waals surface area contributed by atoms with E-state index in [1.807, 2.05) is 23.1 Å². The number of halogens is 1. The van der Waals surface area contributed by atoms with Crippen LogP contribution in [0.15, 0.2) is 10.5 Å². The molecule has 1 saturated carbocycles. The first-order valence-corrected chi connectivity index (χ1v) is 9.11. The molecule has 2 rings (SSSR count). The van der Waals surface area contributed by atoms with Crippen LogP contribution in [-0.2, 0) is 6.54 Å². The number of rotatable bonds is 4. The Morgan fingerprint density at radius 2 is 2.24 bits per heavy atom. The first-order chi connectivity index (χ1) is 8.20. The van der Waals surface area contributed by atoms with Crippen LogP contribution in [0.2, 0.25) is 0 Å². The molecule has 2 atom stereocenters. The molecule has 0 aromatic carbocycles. The largest absolute Gasteiger partial charge is 0.308 e. The maximum Gasteiger partial charge on any atom is 0.0314 e. The summed E-state index contributed by atoms with van der Waals surface area (Å²) in [7, 11) is 0. The van der Waals surface area contributed by atoms with E-state index in [4.69, 9.17) is 0 Å². The van der Waals surface area contributed by atoms with Crippen molar-refractivity contribution in [3.8, 4) is 0 Å². The molecule has 1 aromatic rings.